The molecule has 0 saturated heterocycles. The maximum absolute atomic E-state index is 11.1. The Balaban J connectivity index is 2.19. The smallest absolute Gasteiger partial charge is 0.292 e. The second kappa shape index (κ2) is 6.20. The van der Waals surface area contributed by atoms with Crippen LogP contribution in [-0.4, -0.2) is 23.7 Å². The summed E-state index contributed by atoms with van der Waals surface area (Å²) in [5.41, 5.74) is 0.511. The molecule has 1 aliphatic carbocycles. The fourth-order valence-corrected chi connectivity index (χ4v) is 3.12. The van der Waals surface area contributed by atoms with E-state index in [4.69, 9.17) is 16.3 Å². The molecule has 1 N–H and O–H groups in total. The van der Waals surface area contributed by atoms with Crippen LogP contribution in [0.5, 0.6) is 0 Å². The molecule has 3 atom stereocenters. The van der Waals surface area contributed by atoms with Crippen molar-refractivity contribution < 1.29 is 9.66 Å². The average Bonchev–Trinajstić information content (AvgIpc) is 2.45. The highest BCUT2D eigenvalue weighted by atomic mass is 35.5. The first-order valence-electron chi connectivity index (χ1n) is 7.24. The largest absolute Gasteiger partial charge is 0.378 e. The van der Waals surface area contributed by atoms with E-state index in [0.29, 0.717) is 17.3 Å². The minimum absolute atomic E-state index is 0.0216. The van der Waals surface area contributed by atoms with Gasteiger partial charge in [0.25, 0.3) is 5.69 Å². The summed E-state index contributed by atoms with van der Waals surface area (Å²) in [5.74, 6) is 0. The number of anilines is 1. The summed E-state index contributed by atoms with van der Waals surface area (Å²) in [5, 5.41) is 14.9. The van der Waals surface area contributed by atoms with Crippen LogP contribution in [0.2, 0.25) is 5.02 Å². The molecule has 21 heavy (non-hydrogen) atoms. The maximum atomic E-state index is 11.1. The van der Waals surface area contributed by atoms with Gasteiger partial charge in [-0.25, -0.2) is 0 Å². The predicted octanol–water partition coefficient (Wildman–Crippen LogP) is 4.25. The van der Waals surface area contributed by atoms with Crippen molar-refractivity contribution in [3.8, 4) is 0 Å². The van der Waals surface area contributed by atoms with Crippen molar-refractivity contribution in [2.24, 2.45) is 5.41 Å². The van der Waals surface area contributed by atoms with Gasteiger partial charge in [-0.05, 0) is 31.9 Å². The van der Waals surface area contributed by atoms with Crippen LogP contribution in [0, 0.1) is 15.5 Å². The van der Waals surface area contributed by atoms with E-state index in [1.807, 2.05) is 6.92 Å². The molecular weight excluding hydrogens is 292 g/mol. The summed E-state index contributed by atoms with van der Waals surface area (Å²) < 4.78 is 5.75. The van der Waals surface area contributed by atoms with E-state index in [-0.39, 0.29) is 28.2 Å². The summed E-state index contributed by atoms with van der Waals surface area (Å²) in [6, 6.07) is 4.74. The van der Waals surface area contributed by atoms with Crippen molar-refractivity contribution in [1.29, 1.82) is 0 Å². The monoisotopic (exact) mass is 312 g/mol. The van der Waals surface area contributed by atoms with Gasteiger partial charge in [0.2, 0.25) is 0 Å². The Labute approximate surface area is 129 Å². The number of ether oxygens (including phenoxy) is 1. The summed E-state index contributed by atoms with van der Waals surface area (Å²) in [4.78, 5) is 10.7. The zero-order chi connectivity index (χ0) is 15.6. The maximum Gasteiger partial charge on any atom is 0.292 e. The van der Waals surface area contributed by atoms with Gasteiger partial charge < -0.3 is 10.1 Å². The van der Waals surface area contributed by atoms with Crippen LogP contribution in [-0.2, 0) is 4.74 Å². The Bertz CT molecular complexity index is 538. The number of halogens is 1. The number of benzene rings is 1. The molecule has 1 aromatic rings. The summed E-state index contributed by atoms with van der Waals surface area (Å²) in [6.45, 7) is 6.94. The lowest BCUT2D eigenvalue weighted by Gasteiger charge is -2.53. The molecule has 0 heterocycles. The van der Waals surface area contributed by atoms with Gasteiger partial charge in [-0.3, -0.25) is 10.1 Å². The quantitative estimate of drug-likeness (QED) is 0.630. The standard InChI is InChI=1S/C15H21ClN2O3/c1-4-15(3)13(9-14(15)21-5-2)17-11-8-10(16)6-7-12(11)18(19)20/h6-8,13-14,17H,4-5,9H2,1-3H3. The number of hydrogen-bond acceptors (Lipinski definition) is 4. The average molecular weight is 313 g/mol. The molecule has 1 saturated carbocycles. The minimum atomic E-state index is -0.388. The van der Waals surface area contributed by atoms with E-state index in [0.717, 1.165) is 12.8 Å². The lowest BCUT2D eigenvalue weighted by molar-refractivity contribution is -0.384. The second-order valence-corrected chi connectivity index (χ2v) is 6.09. The molecule has 5 nitrogen and oxygen atoms in total. The van der Waals surface area contributed by atoms with Gasteiger partial charge in [-0.1, -0.05) is 25.4 Å². The van der Waals surface area contributed by atoms with Crippen LogP contribution in [0.15, 0.2) is 18.2 Å². The lowest BCUT2D eigenvalue weighted by Crippen LogP contribution is -2.59. The Hall–Kier alpha value is -1.33. The SMILES string of the molecule is CCOC1CC(Nc2cc(Cl)ccc2[N+](=O)[O-])C1(C)CC. The predicted molar refractivity (Wildman–Crippen MR) is 83.9 cm³/mol. The summed E-state index contributed by atoms with van der Waals surface area (Å²) in [7, 11) is 0. The van der Waals surface area contributed by atoms with Crippen molar-refractivity contribution in [2.45, 2.75) is 45.8 Å². The van der Waals surface area contributed by atoms with Crippen LogP contribution >= 0.6 is 11.6 Å². The number of nitrogens with zero attached hydrogens (tertiary/aromatic N) is 1. The Morgan fingerprint density at radius 1 is 1.52 bits per heavy atom. The van der Waals surface area contributed by atoms with E-state index < -0.39 is 0 Å². The van der Waals surface area contributed by atoms with E-state index in [2.05, 4.69) is 19.2 Å². The molecule has 0 radical (unpaired) electrons. The Morgan fingerprint density at radius 2 is 2.24 bits per heavy atom. The van der Waals surface area contributed by atoms with Gasteiger partial charge >= 0.3 is 0 Å². The normalized spacial score (nSPS) is 28.0. The van der Waals surface area contributed by atoms with Crippen molar-refractivity contribution in [3.05, 3.63) is 33.3 Å². The molecule has 0 aromatic heterocycles. The highest BCUT2D eigenvalue weighted by Gasteiger charge is 2.51. The summed E-state index contributed by atoms with van der Waals surface area (Å²) in [6.07, 6.45) is 1.99. The Morgan fingerprint density at radius 3 is 2.81 bits per heavy atom. The van der Waals surface area contributed by atoms with Crippen molar-refractivity contribution in [2.75, 3.05) is 11.9 Å². The number of nitro groups is 1. The molecule has 0 amide bonds. The number of nitrogens with one attached hydrogen (secondary N) is 1. The molecule has 3 unspecified atom stereocenters. The molecule has 116 valence electrons. The third kappa shape index (κ3) is 2.99. The zero-order valence-corrected chi connectivity index (χ0v) is 13.3. The number of nitro benzene ring substituents is 1. The van der Waals surface area contributed by atoms with Crippen molar-refractivity contribution in [1.82, 2.24) is 0 Å². The molecule has 1 aliphatic rings. The van der Waals surface area contributed by atoms with Crippen LogP contribution in [0.3, 0.4) is 0 Å². The van der Waals surface area contributed by atoms with E-state index >= 15 is 0 Å². The fourth-order valence-electron chi connectivity index (χ4n) is 2.94. The van der Waals surface area contributed by atoms with Gasteiger partial charge in [-0.2, -0.15) is 0 Å². The molecule has 2 rings (SSSR count). The first-order chi connectivity index (χ1) is 9.92. The first-order valence-corrected chi connectivity index (χ1v) is 7.62. The molecule has 0 spiro atoms. The molecule has 6 heteroatoms. The second-order valence-electron chi connectivity index (χ2n) is 5.65. The van der Waals surface area contributed by atoms with E-state index in [9.17, 15) is 10.1 Å². The van der Waals surface area contributed by atoms with E-state index in [1.165, 1.54) is 12.1 Å². The van der Waals surface area contributed by atoms with Crippen molar-refractivity contribution >= 4 is 23.0 Å². The summed E-state index contributed by atoms with van der Waals surface area (Å²) >= 11 is 5.96. The topological polar surface area (TPSA) is 64.4 Å². The minimum Gasteiger partial charge on any atom is -0.378 e. The molecule has 0 bridgehead atoms. The fraction of sp³-hybridized carbons (Fsp3) is 0.600. The molecule has 1 aromatic carbocycles. The van der Waals surface area contributed by atoms with Gasteiger partial charge in [0, 0.05) is 29.2 Å². The van der Waals surface area contributed by atoms with Crippen LogP contribution in [0.4, 0.5) is 11.4 Å². The first kappa shape index (κ1) is 16.0. The van der Waals surface area contributed by atoms with Crippen molar-refractivity contribution in [3.63, 3.8) is 0 Å². The number of rotatable bonds is 6. The third-order valence-electron chi connectivity index (χ3n) is 4.60. The zero-order valence-electron chi connectivity index (χ0n) is 12.6. The highest BCUT2D eigenvalue weighted by Crippen LogP contribution is 2.48. The van der Waals surface area contributed by atoms with Gasteiger partial charge in [0.1, 0.15) is 5.69 Å². The number of hydrogen-bond donors (Lipinski definition) is 1. The third-order valence-corrected chi connectivity index (χ3v) is 4.83. The van der Waals surface area contributed by atoms with Gasteiger partial charge in [0.05, 0.1) is 11.0 Å². The lowest BCUT2D eigenvalue weighted by atomic mass is 9.61. The van der Waals surface area contributed by atoms with Gasteiger partial charge in [-0.15, -0.1) is 0 Å². The van der Waals surface area contributed by atoms with Gasteiger partial charge in [0.15, 0.2) is 0 Å². The highest BCUT2D eigenvalue weighted by molar-refractivity contribution is 6.31. The van der Waals surface area contributed by atoms with Crippen LogP contribution < -0.4 is 5.32 Å². The van der Waals surface area contributed by atoms with Crippen LogP contribution in [0.25, 0.3) is 0 Å². The van der Waals surface area contributed by atoms with Crippen LogP contribution in [0.1, 0.15) is 33.6 Å². The Kier molecular flexibility index (Phi) is 4.74. The van der Waals surface area contributed by atoms with E-state index in [1.54, 1.807) is 6.07 Å². The molecular formula is C15H21ClN2O3. The molecule has 0 aliphatic heterocycles. The molecule has 1 fully saturated rings.